The van der Waals surface area contributed by atoms with E-state index in [1.54, 1.807) is 0 Å². The van der Waals surface area contributed by atoms with Crippen LogP contribution in [0.25, 0.3) is 0 Å². The zero-order chi connectivity index (χ0) is 18.4. The largest absolute Gasteiger partial charge is 0.390 e. The molecule has 3 nitrogen and oxygen atoms in total. The van der Waals surface area contributed by atoms with Crippen molar-refractivity contribution in [3.05, 3.63) is 11.8 Å². The maximum atomic E-state index is 12.9. The number of carbonyl (C=O) groups is 2. The van der Waals surface area contributed by atoms with Crippen LogP contribution in [0.2, 0.25) is 0 Å². The van der Waals surface area contributed by atoms with Crippen molar-refractivity contribution in [1.82, 2.24) is 5.32 Å². The van der Waals surface area contributed by atoms with Gasteiger partial charge in [0.25, 0.3) is 0 Å². The normalized spacial score (nSPS) is 47.9. The van der Waals surface area contributed by atoms with E-state index in [2.05, 4.69) is 46.9 Å². The summed E-state index contributed by atoms with van der Waals surface area (Å²) in [6.07, 6.45) is 6.28. The summed E-state index contributed by atoms with van der Waals surface area (Å²) in [6, 6.07) is 0. The molecule has 4 rings (SSSR count). The van der Waals surface area contributed by atoms with Gasteiger partial charge in [-0.1, -0.05) is 41.5 Å². The summed E-state index contributed by atoms with van der Waals surface area (Å²) in [5, 5.41) is 3.41. The molecule has 0 unspecified atom stereocenters. The predicted octanol–water partition coefficient (Wildman–Crippen LogP) is 4.13. The highest BCUT2D eigenvalue weighted by molar-refractivity contribution is 6.04. The van der Waals surface area contributed by atoms with Crippen LogP contribution in [-0.4, -0.2) is 18.1 Å². The van der Waals surface area contributed by atoms with Crippen LogP contribution in [0.5, 0.6) is 0 Å². The first kappa shape index (κ1) is 17.3. The molecule has 0 aliphatic heterocycles. The average molecular weight is 344 g/mol. The van der Waals surface area contributed by atoms with E-state index in [4.69, 9.17) is 0 Å². The Bertz CT molecular complexity index is 688. The number of Topliss-reactive ketones (excluding diaryl/α,β-unsaturated/α-hetero) is 2. The molecule has 4 saturated carbocycles. The molecule has 4 aliphatic carbocycles. The van der Waals surface area contributed by atoms with E-state index in [1.165, 1.54) is 0 Å². The second kappa shape index (κ2) is 4.78. The number of ketones is 2. The molecule has 0 amide bonds. The molecule has 0 aromatic carbocycles. The Labute approximate surface area is 152 Å². The lowest BCUT2D eigenvalue weighted by atomic mass is 9.70. The molecular formula is C22H33NO2. The summed E-state index contributed by atoms with van der Waals surface area (Å²) in [4.78, 5) is 25.9. The Kier molecular flexibility index (Phi) is 3.31. The number of carbonyl (C=O) groups excluding carboxylic acids is 2. The standard InChI is InChI=1S/C22H33NO2/c1-19(2)15-7-9-21(19,5)17(24)13(15)11-23-12-14-16-8-10-22(6,18(14)25)20(16,3)4/h11,14-16,23H,7-10,12H2,1-6H3/b13-11-/t14-,15+,16+,21+,22-/m1/s1. The van der Waals surface area contributed by atoms with E-state index >= 15 is 0 Å². The van der Waals surface area contributed by atoms with E-state index in [0.29, 0.717) is 29.9 Å². The lowest BCUT2D eigenvalue weighted by Crippen LogP contribution is -2.36. The Hall–Kier alpha value is -1.12. The van der Waals surface area contributed by atoms with Gasteiger partial charge in [0, 0.05) is 35.1 Å². The van der Waals surface area contributed by atoms with Crippen LogP contribution in [0, 0.1) is 39.4 Å². The van der Waals surface area contributed by atoms with Crippen LogP contribution in [0.1, 0.15) is 67.2 Å². The first-order valence-corrected chi connectivity index (χ1v) is 10.0. The smallest absolute Gasteiger partial charge is 0.167 e. The van der Waals surface area contributed by atoms with Crippen molar-refractivity contribution in [2.24, 2.45) is 39.4 Å². The summed E-state index contributed by atoms with van der Waals surface area (Å²) < 4.78 is 0. The molecule has 4 aliphatic rings. The van der Waals surface area contributed by atoms with Crippen molar-refractivity contribution in [3.8, 4) is 0 Å². The molecule has 138 valence electrons. The average Bonchev–Trinajstić information content (AvgIpc) is 3.01. The van der Waals surface area contributed by atoms with Gasteiger partial charge in [0.2, 0.25) is 0 Å². The van der Waals surface area contributed by atoms with Gasteiger partial charge in [0.05, 0.1) is 0 Å². The summed E-state index contributed by atoms with van der Waals surface area (Å²) in [5.41, 5.74) is 0.758. The van der Waals surface area contributed by atoms with Gasteiger partial charge in [-0.05, 0) is 48.3 Å². The van der Waals surface area contributed by atoms with Crippen LogP contribution in [0.4, 0.5) is 0 Å². The van der Waals surface area contributed by atoms with Crippen LogP contribution in [0.15, 0.2) is 11.8 Å². The van der Waals surface area contributed by atoms with Crippen molar-refractivity contribution in [3.63, 3.8) is 0 Å². The molecule has 4 fully saturated rings. The highest BCUT2D eigenvalue weighted by Gasteiger charge is 2.66. The van der Waals surface area contributed by atoms with Gasteiger partial charge in [-0.3, -0.25) is 9.59 Å². The molecule has 0 aromatic heterocycles. The molecular weight excluding hydrogens is 310 g/mol. The van der Waals surface area contributed by atoms with Crippen molar-refractivity contribution in [1.29, 1.82) is 0 Å². The molecule has 0 heterocycles. The Morgan fingerprint density at radius 2 is 1.60 bits per heavy atom. The molecule has 5 atom stereocenters. The SMILES string of the molecule is CC1(C)[C@H]2CC[C@@]1(C)C(=O)/C2=C\NC[C@H]1C(=O)[C@@]2(C)CC[C@@H]1C2(C)C. The summed E-state index contributed by atoms with van der Waals surface area (Å²) >= 11 is 0. The minimum absolute atomic E-state index is 0.0509. The first-order valence-electron chi connectivity index (χ1n) is 10.0. The summed E-state index contributed by atoms with van der Waals surface area (Å²) in [7, 11) is 0. The second-order valence-electron chi connectivity index (χ2n) is 10.7. The van der Waals surface area contributed by atoms with E-state index < -0.39 is 0 Å². The topological polar surface area (TPSA) is 46.2 Å². The molecule has 3 heteroatoms. The number of rotatable bonds is 3. The third-order valence-corrected chi connectivity index (χ3v) is 9.63. The summed E-state index contributed by atoms with van der Waals surface area (Å²) in [5.74, 6) is 1.70. The molecule has 0 aromatic rings. The highest BCUT2D eigenvalue weighted by Crippen LogP contribution is 2.66. The number of fused-ring (bicyclic) bond motifs is 4. The minimum atomic E-state index is -0.205. The van der Waals surface area contributed by atoms with Gasteiger partial charge in [-0.2, -0.15) is 0 Å². The number of nitrogens with one attached hydrogen (secondary N) is 1. The zero-order valence-corrected chi connectivity index (χ0v) is 16.7. The van der Waals surface area contributed by atoms with Gasteiger partial charge in [0.15, 0.2) is 5.78 Å². The van der Waals surface area contributed by atoms with Crippen molar-refractivity contribution in [2.45, 2.75) is 67.2 Å². The zero-order valence-electron chi connectivity index (χ0n) is 16.7. The van der Waals surface area contributed by atoms with Gasteiger partial charge in [-0.15, -0.1) is 0 Å². The monoisotopic (exact) mass is 343 g/mol. The Morgan fingerprint density at radius 3 is 2.12 bits per heavy atom. The van der Waals surface area contributed by atoms with E-state index in [-0.39, 0.29) is 27.6 Å². The molecule has 1 N–H and O–H groups in total. The van der Waals surface area contributed by atoms with Crippen molar-refractivity contribution in [2.75, 3.05) is 6.54 Å². The van der Waals surface area contributed by atoms with Gasteiger partial charge in [0.1, 0.15) is 5.78 Å². The minimum Gasteiger partial charge on any atom is -0.390 e. The lowest BCUT2D eigenvalue weighted by Gasteiger charge is -2.32. The van der Waals surface area contributed by atoms with Crippen LogP contribution in [-0.2, 0) is 9.59 Å². The van der Waals surface area contributed by atoms with Gasteiger partial charge in [-0.25, -0.2) is 0 Å². The fraction of sp³-hybridized carbons (Fsp3) is 0.818. The van der Waals surface area contributed by atoms with Crippen LogP contribution in [0.3, 0.4) is 0 Å². The van der Waals surface area contributed by atoms with E-state index in [1.807, 2.05) is 6.20 Å². The van der Waals surface area contributed by atoms with E-state index in [9.17, 15) is 9.59 Å². The van der Waals surface area contributed by atoms with Gasteiger partial charge >= 0.3 is 0 Å². The molecule has 0 radical (unpaired) electrons. The third kappa shape index (κ3) is 1.78. The molecule has 0 saturated heterocycles. The quantitative estimate of drug-likeness (QED) is 0.784. The van der Waals surface area contributed by atoms with Crippen molar-refractivity contribution < 1.29 is 9.59 Å². The Balaban J connectivity index is 1.50. The van der Waals surface area contributed by atoms with Crippen LogP contribution < -0.4 is 5.32 Å². The fourth-order valence-corrected chi connectivity index (χ4v) is 6.90. The number of hydrogen-bond donors (Lipinski definition) is 1. The van der Waals surface area contributed by atoms with Crippen molar-refractivity contribution >= 4 is 11.6 Å². The molecule has 0 spiro atoms. The maximum Gasteiger partial charge on any atom is 0.167 e. The number of hydrogen-bond acceptors (Lipinski definition) is 3. The Morgan fingerprint density at radius 1 is 0.960 bits per heavy atom. The maximum absolute atomic E-state index is 12.9. The lowest BCUT2D eigenvalue weighted by molar-refractivity contribution is -0.131. The molecule has 4 bridgehead atoms. The van der Waals surface area contributed by atoms with E-state index in [0.717, 1.165) is 31.3 Å². The highest BCUT2D eigenvalue weighted by atomic mass is 16.1. The molecule has 25 heavy (non-hydrogen) atoms. The van der Waals surface area contributed by atoms with Gasteiger partial charge < -0.3 is 5.32 Å². The summed E-state index contributed by atoms with van der Waals surface area (Å²) in [6.45, 7) is 14.0. The second-order valence-corrected chi connectivity index (χ2v) is 10.7. The first-order chi connectivity index (χ1) is 11.5. The van der Waals surface area contributed by atoms with Crippen LogP contribution >= 0.6 is 0 Å². The third-order valence-electron chi connectivity index (χ3n) is 9.63. The number of allylic oxidation sites excluding steroid dienone is 1. The fourth-order valence-electron chi connectivity index (χ4n) is 6.90. The predicted molar refractivity (Wildman–Crippen MR) is 98.8 cm³/mol.